The van der Waals surface area contributed by atoms with Gasteiger partial charge in [0, 0.05) is 17.4 Å². The normalized spacial score (nSPS) is 20.5. The summed E-state index contributed by atoms with van der Waals surface area (Å²) in [6, 6.07) is 3.07. The van der Waals surface area contributed by atoms with E-state index in [1.165, 1.54) is 13.2 Å². The van der Waals surface area contributed by atoms with E-state index < -0.39 is 17.2 Å². The average molecular weight is 290 g/mol. The van der Waals surface area contributed by atoms with E-state index in [2.05, 4.69) is 4.74 Å². The molecule has 0 spiro atoms. The highest BCUT2D eigenvalue weighted by Gasteiger charge is 2.48. The fourth-order valence-electron chi connectivity index (χ4n) is 2.97. The Bertz CT molecular complexity index is 819. The predicted octanol–water partition coefficient (Wildman–Crippen LogP) is 1.11. The molecule has 2 N–H and O–H groups in total. The van der Waals surface area contributed by atoms with Crippen molar-refractivity contribution in [3.8, 4) is 5.75 Å². The number of aromatic hydroxyl groups is 1. The molecule has 3 rings (SSSR count). The Kier molecular flexibility index (Phi) is 2.81. The summed E-state index contributed by atoms with van der Waals surface area (Å²) in [4.78, 5) is 23.9. The molecule has 1 atom stereocenters. The second kappa shape index (κ2) is 4.33. The number of phenols is 1. The molecule has 0 unspecified atom stereocenters. The van der Waals surface area contributed by atoms with Crippen molar-refractivity contribution in [2.24, 2.45) is 0 Å². The number of methoxy groups -OCH3 is 1. The van der Waals surface area contributed by atoms with Gasteiger partial charge in [0.2, 0.25) is 0 Å². The van der Waals surface area contributed by atoms with Crippen LogP contribution in [0.5, 0.6) is 5.75 Å². The molecular weight excluding hydrogens is 276 g/mol. The number of rotatable bonds is 1. The minimum atomic E-state index is -1.86. The van der Waals surface area contributed by atoms with E-state index >= 15 is 0 Å². The average Bonchev–Trinajstić information content (AvgIpc) is 2.75. The van der Waals surface area contributed by atoms with E-state index in [1.54, 1.807) is 13.0 Å². The minimum absolute atomic E-state index is 0.0384. The van der Waals surface area contributed by atoms with Crippen LogP contribution in [0, 0.1) is 6.92 Å². The number of hydrogen-bond donors (Lipinski definition) is 2. The topological polar surface area (TPSA) is 97.0 Å². The van der Waals surface area contributed by atoms with Crippen LogP contribution in [0.2, 0.25) is 0 Å². The number of aliphatic hydroxyl groups is 1. The van der Waals surface area contributed by atoms with Crippen molar-refractivity contribution in [2.75, 3.05) is 7.11 Å². The molecule has 6 heteroatoms. The molecule has 6 nitrogen and oxygen atoms in total. The molecule has 1 aliphatic carbocycles. The quantitative estimate of drug-likeness (QED) is 0.764. The Morgan fingerprint density at radius 2 is 2.14 bits per heavy atom. The zero-order chi connectivity index (χ0) is 15.4. The van der Waals surface area contributed by atoms with Crippen LogP contribution in [0.15, 0.2) is 21.3 Å². The van der Waals surface area contributed by atoms with E-state index in [4.69, 9.17) is 4.42 Å². The molecule has 1 aromatic heterocycles. The number of ether oxygens (including phenoxy) is 1. The summed E-state index contributed by atoms with van der Waals surface area (Å²) in [5.74, 6) is -0.788. The molecule has 0 radical (unpaired) electrons. The van der Waals surface area contributed by atoms with Crippen molar-refractivity contribution in [3.63, 3.8) is 0 Å². The smallest absolute Gasteiger partial charge is 0.347 e. The van der Waals surface area contributed by atoms with E-state index in [0.29, 0.717) is 10.9 Å². The summed E-state index contributed by atoms with van der Waals surface area (Å²) in [5.41, 5.74) is -1.63. The van der Waals surface area contributed by atoms with Gasteiger partial charge in [0.15, 0.2) is 5.60 Å². The molecule has 0 saturated carbocycles. The van der Waals surface area contributed by atoms with Gasteiger partial charge >= 0.3 is 11.6 Å². The van der Waals surface area contributed by atoms with Crippen LogP contribution >= 0.6 is 0 Å². The monoisotopic (exact) mass is 290 g/mol. The molecule has 110 valence electrons. The van der Waals surface area contributed by atoms with Crippen molar-refractivity contribution < 1.29 is 24.2 Å². The SMILES string of the molecule is COC(=O)[C@]1(O)CCc2oc(=O)c3c(O)cc(C)cc3c21. The number of aryl methyl sites for hydroxylation is 2. The maximum atomic E-state index is 12.0. The van der Waals surface area contributed by atoms with E-state index in [-0.39, 0.29) is 35.3 Å². The molecule has 0 saturated heterocycles. The summed E-state index contributed by atoms with van der Waals surface area (Å²) < 4.78 is 9.82. The zero-order valence-corrected chi connectivity index (χ0v) is 11.6. The van der Waals surface area contributed by atoms with E-state index in [0.717, 1.165) is 0 Å². The molecule has 0 aliphatic heterocycles. The molecule has 0 bridgehead atoms. The first kappa shape index (κ1) is 13.6. The van der Waals surface area contributed by atoms with Crippen LogP contribution in [0.1, 0.15) is 23.3 Å². The lowest BCUT2D eigenvalue weighted by Gasteiger charge is -2.21. The Balaban J connectivity index is 2.46. The van der Waals surface area contributed by atoms with Crippen LogP contribution < -0.4 is 5.63 Å². The number of benzene rings is 1. The van der Waals surface area contributed by atoms with E-state index in [9.17, 15) is 19.8 Å². The third kappa shape index (κ3) is 1.76. The maximum absolute atomic E-state index is 12.0. The molecule has 1 aliphatic rings. The highest BCUT2D eigenvalue weighted by Crippen LogP contribution is 2.42. The molecule has 0 amide bonds. The van der Waals surface area contributed by atoms with Crippen LogP contribution in [-0.2, 0) is 21.6 Å². The first-order chi connectivity index (χ1) is 9.88. The fraction of sp³-hybridized carbons (Fsp3) is 0.333. The van der Waals surface area contributed by atoms with Gasteiger partial charge in [-0.25, -0.2) is 9.59 Å². The second-order valence-corrected chi connectivity index (χ2v) is 5.25. The number of esters is 1. The highest BCUT2D eigenvalue weighted by molar-refractivity contribution is 5.96. The fourth-order valence-corrected chi connectivity index (χ4v) is 2.97. The van der Waals surface area contributed by atoms with Gasteiger partial charge in [0.25, 0.3) is 0 Å². The van der Waals surface area contributed by atoms with Crippen molar-refractivity contribution in [3.05, 3.63) is 39.4 Å². The standard InChI is InChI=1S/C15H14O6/c1-7-5-8-11(9(16)6-7)13(17)21-10-3-4-15(19,12(8)10)14(18)20-2/h5-6,16,19H,3-4H2,1-2H3/t15-/m0/s1. The Hall–Kier alpha value is -2.34. The maximum Gasteiger partial charge on any atom is 0.347 e. The van der Waals surface area contributed by atoms with Crippen molar-refractivity contribution >= 4 is 16.7 Å². The first-order valence-corrected chi connectivity index (χ1v) is 6.49. The number of fused-ring (bicyclic) bond motifs is 3. The summed E-state index contributed by atoms with van der Waals surface area (Å²) in [6.45, 7) is 1.74. The Labute approximate surface area is 119 Å². The lowest BCUT2D eigenvalue weighted by Crippen LogP contribution is -2.34. The predicted molar refractivity (Wildman–Crippen MR) is 73.1 cm³/mol. The summed E-state index contributed by atoms with van der Waals surface area (Å²) in [5, 5.41) is 20.9. The van der Waals surface area contributed by atoms with Gasteiger partial charge < -0.3 is 19.4 Å². The van der Waals surface area contributed by atoms with E-state index in [1.807, 2.05) is 0 Å². The molecule has 0 fully saturated rings. The lowest BCUT2D eigenvalue weighted by atomic mass is 9.92. The first-order valence-electron chi connectivity index (χ1n) is 6.49. The highest BCUT2D eigenvalue weighted by atomic mass is 16.5. The molecule has 2 aromatic rings. The largest absolute Gasteiger partial charge is 0.507 e. The summed E-state index contributed by atoms with van der Waals surface area (Å²) >= 11 is 0. The van der Waals surface area contributed by atoms with Crippen molar-refractivity contribution in [2.45, 2.75) is 25.4 Å². The second-order valence-electron chi connectivity index (χ2n) is 5.25. The molecule has 1 heterocycles. The third-order valence-electron chi connectivity index (χ3n) is 3.88. The van der Waals surface area contributed by atoms with Crippen LogP contribution in [0.4, 0.5) is 0 Å². The third-order valence-corrected chi connectivity index (χ3v) is 3.88. The number of phenolic OH excluding ortho intramolecular Hbond substituents is 1. The molecule has 1 aromatic carbocycles. The van der Waals surface area contributed by atoms with Gasteiger partial charge in [-0.05, 0) is 25.0 Å². The van der Waals surface area contributed by atoms with Crippen LogP contribution in [0.3, 0.4) is 0 Å². The number of carbonyl (C=O) groups excluding carboxylic acids is 1. The minimum Gasteiger partial charge on any atom is -0.507 e. The van der Waals surface area contributed by atoms with Crippen molar-refractivity contribution in [1.29, 1.82) is 0 Å². The molecule has 21 heavy (non-hydrogen) atoms. The number of carbonyl (C=O) groups is 1. The van der Waals surface area contributed by atoms with Crippen LogP contribution in [0.25, 0.3) is 10.8 Å². The van der Waals surface area contributed by atoms with Gasteiger partial charge in [-0.2, -0.15) is 0 Å². The van der Waals surface area contributed by atoms with Gasteiger partial charge in [-0.3, -0.25) is 0 Å². The lowest BCUT2D eigenvalue weighted by molar-refractivity contribution is -0.163. The summed E-state index contributed by atoms with van der Waals surface area (Å²) in [7, 11) is 1.18. The molecular formula is C15H14O6. The number of hydrogen-bond acceptors (Lipinski definition) is 6. The van der Waals surface area contributed by atoms with Gasteiger partial charge in [-0.15, -0.1) is 0 Å². The summed E-state index contributed by atoms with van der Waals surface area (Å²) in [6.07, 6.45) is 0.326. The van der Waals surface area contributed by atoms with Gasteiger partial charge in [-0.1, -0.05) is 6.07 Å². The van der Waals surface area contributed by atoms with Crippen LogP contribution in [-0.4, -0.2) is 23.3 Å². The Morgan fingerprint density at radius 3 is 2.81 bits per heavy atom. The zero-order valence-electron chi connectivity index (χ0n) is 11.6. The Morgan fingerprint density at radius 1 is 1.43 bits per heavy atom. The van der Waals surface area contributed by atoms with Crippen molar-refractivity contribution in [1.82, 2.24) is 0 Å². The van der Waals surface area contributed by atoms with Gasteiger partial charge in [0.1, 0.15) is 16.9 Å². The van der Waals surface area contributed by atoms with Gasteiger partial charge in [0.05, 0.1) is 7.11 Å².